The van der Waals surface area contributed by atoms with Gasteiger partial charge in [-0.15, -0.1) is 0 Å². The predicted molar refractivity (Wildman–Crippen MR) is 71.1 cm³/mol. The SMILES string of the molecule is CCOCC(NCCc1ccsc1)C(C)C. The summed E-state index contributed by atoms with van der Waals surface area (Å²) in [7, 11) is 0. The monoisotopic (exact) mass is 241 g/mol. The van der Waals surface area contributed by atoms with Crippen LogP contribution in [0.3, 0.4) is 0 Å². The van der Waals surface area contributed by atoms with Gasteiger partial charge in [0.2, 0.25) is 0 Å². The molecule has 1 unspecified atom stereocenters. The second-order valence-corrected chi connectivity index (χ2v) is 5.13. The molecule has 1 rings (SSSR count). The van der Waals surface area contributed by atoms with Crippen molar-refractivity contribution in [2.45, 2.75) is 33.2 Å². The first-order chi connectivity index (χ1) is 7.74. The summed E-state index contributed by atoms with van der Waals surface area (Å²) in [6.45, 7) is 9.17. The lowest BCUT2D eigenvalue weighted by atomic mass is 10.1. The van der Waals surface area contributed by atoms with Crippen molar-refractivity contribution in [1.29, 1.82) is 0 Å². The smallest absolute Gasteiger partial charge is 0.0621 e. The van der Waals surface area contributed by atoms with E-state index in [1.807, 2.05) is 6.92 Å². The van der Waals surface area contributed by atoms with Crippen molar-refractivity contribution in [3.63, 3.8) is 0 Å². The molecule has 2 nitrogen and oxygen atoms in total. The van der Waals surface area contributed by atoms with Gasteiger partial charge in [0.1, 0.15) is 0 Å². The first kappa shape index (κ1) is 13.7. The molecule has 92 valence electrons. The van der Waals surface area contributed by atoms with Crippen molar-refractivity contribution in [3.05, 3.63) is 22.4 Å². The van der Waals surface area contributed by atoms with Crippen LogP contribution in [0, 0.1) is 5.92 Å². The molecule has 0 aromatic carbocycles. The van der Waals surface area contributed by atoms with Crippen LogP contribution in [0.1, 0.15) is 26.3 Å². The van der Waals surface area contributed by atoms with Crippen LogP contribution in [0.4, 0.5) is 0 Å². The van der Waals surface area contributed by atoms with Crippen LogP contribution in [0.2, 0.25) is 0 Å². The van der Waals surface area contributed by atoms with Crippen molar-refractivity contribution in [1.82, 2.24) is 5.32 Å². The van der Waals surface area contributed by atoms with E-state index in [1.165, 1.54) is 5.56 Å². The Morgan fingerprint density at radius 2 is 2.25 bits per heavy atom. The van der Waals surface area contributed by atoms with Crippen molar-refractivity contribution in [2.75, 3.05) is 19.8 Å². The summed E-state index contributed by atoms with van der Waals surface area (Å²) in [6.07, 6.45) is 1.11. The number of ether oxygens (including phenoxy) is 1. The fourth-order valence-corrected chi connectivity index (χ4v) is 2.27. The van der Waals surface area contributed by atoms with E-state index in [0.717, 1.165) is 26.2 Å². The fraction of sp³-hybridized carbons (Fsp3) is 0.692. The second kappa shape index (κ2) is 7.82. The Morgan fingerprint density at radius 3 is 2.81 bits per heavy atom. The lowest BCUT2D eigenvalue weighted by Gasteiger charge is -2.22. The third-order valence-electron chi connectivity index (χ3n) is 2.71. The highest BCUT2D eigenvalue weighted by molar-refractivity contribution is 7.07. The zero-order valence-corrected chi connectivity index (χ0v) is 11.3. The Bertz CT molecular complexity index is 259. The van der Waals surface area contributed by atoms with Crippen LogP contribution < -0.4 is 5.32 Å². The van der Waals surface area contributed by atoms with E-state index in [9.17, 15) is 0 Å². The van der Waals surface area contributed by atoms with Crippen molar-refractivity contribution < 1.29 is 4.74 Å². The average molecular weight is 241 g/mol. The van der Waals surface area contributed by atoms with Gasteiger partial charge in [0.25, 0.3) is 0 Å². The summed E-state index contributed by atoms with van der Waals surface area (Å²) >= 11 is 1.77. The minimum atomic E-state index is 0.471. The number of rotatable bonds is 8. The summed E-state index contributed by atoms with van der Waals surface area (Å²) in [5.74, 6) is 0.619. The van der Waals surface area contributed by atoms with Gasteiger partial charge in [-0.3, -0.25) is 0 Å². The van der Waals surface area contributed by atoms with E-state index in [2.05, 4.69) is 36.0 Å². The number of hydrogen-bond donors (Lipinski definition) is 1. The summed E-state index contributed by atoms with van der Waals surface area (Å²) < 4.78 is 5.48. The third kappa shape index (κ3) is 5.10. The molecule has 0 fully saturated rings. The van der Waals surface area contributed by atoms with Crippen molar-refractivity contribution >= 4 is 11.3 Å². The van der Waals surface area contributed by atoms with Crippen LogP contribution in [-0.2, 0) is 11.2 Å². The number of hydrogen-bond acceptors (Lipinski definition) is 3. The molecule has 16 heavy (non-hydrogen) atoms. The molecule has 1 heterocycles. The first-order valence-corrected chi connectivity index (χ1v) is 7.00. The Kier molecular flexibility index (Phi) is 6.69. The molecule has 0 aliphatic heterocycles. The van der Waals surface area contributed by atoms with Gasteiger partial charge in [-0.1, -0.05) is 13.8 Å². The summed E-state index contributed by atoms with van der Waals surface area (Å²) in [5, 5.41) is 7.92. The van der Waals surface area contributed by atoms with Gasteiger partial charge in [-0.05, 0) is 48.2 Å². The van der Waals surface area contributed by atoms with E-state index in [-0.39, 0.29) is 0 Å². The van der Waals surface area contributed by atoms with Gasteiger partial charge in [0.05, 0.1) is 6.61 Å². The lowest BCUT2D eigenvalue weighted by Crippen LogP contribution is -2.39. The lowest BCUT2D eigenvalue weighted by molar-refractivity contribution is 0.108. The van der Waals surface area contributed by atoms with Crippen LogP contribution in [-0.4, -0.2) is 25.8 Å². The molecule has 1 N–H and O–H groups in total. The van der Waals surface area contributed by atoms with E-state index in [4.69, 9.17) is 4.74 Å². The Morgan fingerprint density at radius 1 is 1.44 bits per heavy atom. The second-order valence-electron chi connectivity index (χ2n) is 4.35. The Hall–Kier alpha value is -0.380. The summed E-state index contributed by atoms with van der Waals surface area (Å²) in [5.41, 5.74) is 1.43. The molecule has 1 aromatic heterocycles. The molecule has 1 aromatic rings. The molecule has 0 aliphatic carbocycles. The van der Waals surface area contributed by atoms with Crippen LogP contribution in [0.5, 0.6) is 0 Å². The molecule has 0 spiro atoms. The molecule has 0 saturated heterocycles. The van der Waals surface area contributed by atoms with Crippen LogP contribution in [0.15, 0.2) is 16.8 Å². The highest BCUT2D eigenvalue weighted by atomic mass is 32.1. The number of thiophene rings is 1. The summed E-state index contributed by atoms with van der Waals surface area (Å²) in [4.78, 5) is 0. The highest BCUT2D eigenvalue weighted by Crippen LogP contribution is 2.07. The molecule has 0 radical (unpaired) electrons. The number of nitrogens with one attached hydrogen (secondary N) is 1. The predicted octanol–water partition coefficient (Wildman–Crippen LogP) is 2.94. The topological polar surface area (TPSA) is 21.3 Å². The maximum absolute atomic E-state index is 5.48. The van der Waals surface area contributed by atoms with E-state index < -0.39 is 0 Å². The maximum atomic E-state index is 5.48. The fourth-order valence-electron chi connectivity index (χ4n) is 1.57. The molecule has 0 amide bonds. The first-order valence-electron chi connectivity index (χ1n) is 6.06. The molecule has 1 atom stereocenters. The molecule has 0 bridgehead atoms. The molecule has 3 heteroatoms. The largest absolute Gasteiger partial charge is 0.380 e. The van der Waals surface area contributed by atoms with Gasteiger partial charge >= 0.3 is 0 Å². The highest BCUT2D eigenvalue weighted by Gasteiger charge is 2.12. The zero-order valence-electron chi connectivity index (χ0n) is 10.5. The van der Waals surface area contributed by atoms with E-state index in [0.29, 0.717) is 12.0 Å². The molecule has 0 aliphatic rings. The zero-order chi connectivity index (χ0) is 11.8. The van der Waals surface area contributed by atoms with Crippen molar-refractivity contribution in [3.8, 4) is 0 Å². The van der Waals surface area contributed by atoms with Gasteiger partial charge in [0, 0.05) is 12.6 Å². The van der Waals surface area contributed by atoms with Gasteiger partial charge in [-0.2, -0.15) is 11.3 Å². The van der Waals surface area contributed by atoms with Gasteiger partial charge in [-0.25, -0.2) is 0 Å². The Balaban J connectivity index is 2.21. The van der Waals surface area contributed by atoms with E-state index in [1.54, 1.807) is 11.3 Å². The third-order valence-corrected chi connectivity index (χ3v) is 3.44. The van der Waals surface area contributed by atoms with Crippen molar-refractivity contribution in [2.24, 2.45) is 5.92 Å². The summed E-state index contributed by atoms with van der Waals surface area (Å²) in [6, 6.07) is 2.66. The molecular weight excluding hydrogens is 218 g/mol. The minimum Gasteiger partial charge on any atom is -0.380 e. The Labute approximate surface area is 103 Å². The normalized spacial score (nSPS) is 13.2. The van der Waals surface area contributed by atoms with Crippen LogP contribution >= 0.6 is 11.3 Å². The molecule has 0 saturated carbocycles. The van der Waals surface area contributed by atoms with E-state index >= 15 is 0 Å². The quantitative estimate of drug-likeness (QED) is 0.755. The molecular formula is C13H23NOS. The van der Waals surface area contributed by atoms with Gasteiger partial charge < -0.3 is 10.1 Å². The average Bonchev–Trinajstić information content (AvgIpc) is 2.75. The minimum absolute atomic E-state index is 0.471. The maximum Gasteiger partial charge on any atom is 0.0621 e. The van der Waals surface area contributed by atoms with Crippen LogP contribution in [0.25, 0.3) is 0 Å². The van der Waals surface area contributed by atoms with Gasteiger partial charge in [0.15, 0.2) is 0 Å². The standard InChI is InChI=1S/C13H23NOS/c1-4-15-9-13(11(2)3)14-7-5-12-6-8-16-10-12/h6,8,10-11,13-14H,4-5,7,9H2,1-3H3.